The summed E-state index contributed by atoms with van der Waals surface area (Å²) in [4.78, 5) is 82.3. The van der Waals surface area contributed by atoms with Crippen LogP contribution < -0.4 is 20.7 Å². The first-order chi connectivity index (χ1) is 28.1. The van der Waals surface area contributed by atoms with Gasteiger partial charge >= 0.3 is 12.1 Å². The lowest BCUT2D eigenvalue weighted by Crippen LogP contribution is -2.55. The van der Waals surface area contributed by atoms with E-state index in [-0.39, 0.29) is 54.8 Å². The van der Waals surface area contributed by atoms with Gasteiger partial charge in [-0.1, -0.05) is 65.3 Å². The number of hydrogen-bond donors (Lipinski definition) is 4. The van der Waals surface area contributed by atoms with E-state index in [2.05, 4.69) is 15.4 Å². The maximum absolute atomic E-state index is 14.0. The topological polar surface area (TPSA) is 196 Å². The van der Waals surface area contributed by atoms with Crippen molar-refractivity contribution in [1.82, 2.24) is 35.4 Å². The Hall–Kier alpha value is -4.14. The highest BCUT2D eigenvalue weighted by molar-refractivity contribution is 7.82. The Morgan fingerprint density at radius 3 is 2.03 bits per heavy atom. The van der Waals surface area contributed by atoms with Gasteiger partial charge in [-0.3, -0.25) is 38.4 Å². The van der Waals surface area contributed by atoms with Crippen molar-refractivity contribution in [3.05, 3.63) is 35.4 Å². The number of alkyl halides is 3. The van der Waals surface area contributed by atoms with Crippen molar-refractivity contribution >= 4 is 46.4 Å². The van der Waals surface area contributed by atoms with Gasteiger partial charge in [-0.2, -0.15) is 13.2 Å². The van der Waals surface area contributed by atoms with Gasteiger partial charge in [0, 0.05) is 34.4 Å². The van der Waals surface area contributed by atoms with Crippen molar-refractivity contribution in [2.45, 2.75) is 109 Å². The van der Waals surface area contributed by atoms with E-state index < -0.39 is 77.7 Å². The fraction of sp³-hybridized carbons (Fsp3) is 0.700. The second-order valence-corrected chi connectivity index (χ2v) is 16.9. The molecule has 8 unspecified atom stereocenters. The van der Waals surface area contributed by atoms with E-state index in [0.29, 0.717) is 36.9 Å². The SMILES string of the molecule is CCC(C)C(C(CC(=O)N1CCCC1C(OC)C(C)C(=O)NCC(=O)NS(=O)Cc1ccc(CNC(=O)C(F)(F)F)cc1)OC)N(C)C(=O)CNC(=O)C(C(C)C)N(C)C. The minimum atomic E-state index is -5.00. The van der Waals surface area contributed by atoms with Crippen molar-refractivity contribution in [1.29, 1.82) is 0 Å². The van der Waals surface area contributed by atoms with Crippen molar-refractivity contribution in [3.8, 4) is 0 Å². The molecule has 1 saturated heterocycles. The molecule has 340 valence electrons. The van der Waals surface area contributed by atoms with Gasteiger partial charge in [0.1, 0.15) is 11.0 Å². The molecule has 1 aliphatic heterocycles. The molecule has 2 rings (SSSR count). The second-order valence-electron chi connectivity index (χ2n) is 15.7. The summed E-state index contributed by atoms with van der Waals surface area (Å²) in [6.45, 7) is 8.79. The number of likely N-dealkylation sites (tertiary alicyclic amines) is 1. The van der Waals surface area contributed by atoms with Crippen LogP contribution in [0.15, 0.2) is 24.3 Å². The average molecular weight is 876 g/mol. The maximum Gasteiger partial charge on any atom is 0.471 e. The van der Waals surface area contributed by atoms with E-state index in [1.54, 1.807) is 48.1 Å². The molecule has 16 nitrogen and oxygen atoms in total. The average Bonchev–Trinajstić information content (AvgIpc) is 3.67. The molecule has 0 aliphatic carbocycles. The molecule has 1 aliphatic rings. The van der Waals surface area contributed by atoms with E-state index in [1.165, 1.54) is 38.5 Å². The molecule has 1 aromatic rings. The van der Waals surface area contributed by atoms with Crippen LogP contribution in [0.1, 0.15) is 71.4 Å². The second kappa shape index (κ2) is 24.3. The Morgan fingerprint density at radius 2 is 1.50 bits per heavy atom. The Balaban J connectivity index is 2.00. The van der Waals surface area contributed by atoms with Crippen molar-refractivity contribution < 1.29 is 55.6 Å². The number of nitrogens with zero attached hydrogens (tertiary/aromatic N) is 3. The van der Waals surface area contributed by atoms with Gasteiger partial charge in [0.15, 0.2) is 0 Å². The Labute approximate surface area is 354 Å². The van der Waals surface area contributed by atoms with Crippen molar-refractivity contribution in [2.75, 3.05) is 55.0 Å². The molecule has 0 aromatic heterocycles. The first-order valence-electron chi connectivity index (χ1n) is 20.0. The highest BCUT2D eigenvalue weighted by atomic mass is 32.2. The molecule has 0 bridgehead atoms. The van der Waals surface area contributed by atoms with E-state index in [0.717, 1.165) is 0 Å². The molecule has 0 spiro atoms. The smallest absolute Gasteiger partial charge is 0.379 e. The summed E-state index contributed by atoms with van der Waals surface area (Å²) in [6, 6.07) is 4.53. The molecule has 4 N–H and O–H groups in total. The Morgan fingerprint density at radius 1 is 0.900 bits per heavy atom. The number of nitrogens with one attached hydrogen (secondary N) is 4. The number of benzene rings is 1. The van der Waals surface area contributed by atoms with Gasteiger partial charge in [-0.25, -0.2) is 4.21 Å². The highest BCUT2D eigenvalue weighted by Gasteiger charge is 2.42. The number of carbonyl (C=O) groups excluding carboxylic acids is 6. The van der Waals surface area contributed by atoms with Crippen LogP contribution in [0.25, 0.3) is 0 Å². The summed E-state index contributed by atoms with van der Waals surface area (Å²) in [5.41, 5.74) is 0.887. The first kappa shape index (κ1) is 52.0. The summed E-state index contributed by atoms with van der Waals surface area (Å²) >= 11 is 0. The fourth-order valence-electron chi connectivity index (χ4n) is 7.57. The van der Waals surface area contributed by atoms with Crippen LogP contribution >= 0.6 is 0 Å². The third-order valence-corrected chi connectivity index (χ3v) is 11.9. The monoisotopic (exact) mass is 875 g/mol. The van der Waals surface area contributed by atoms with Gasteiger partial charge in [0.05, 0.1) is 61.5 Å². The van der Waals surface area contributed by atoms with Crippen LogP contribution in [0.2, 0.25) is 0 Å². The molecule has 8 atom stereocenters. The standard InChI is InChI=1S/C40H64F3N7O9S/c1-11-25(4)35(49(8)33(53)22-45-38(55)34(24(2)3)48(6)7)30(58-9)19-32(52)50-18-12-13-29(50)36(59-10)26(5)37(54)44-21-31(51)47-60(57)23-28-16-14-27(15-17-28)20-46-39(56)40(41,42)43/h14-17,24-26,29-30,34-36H,11-13,18-23H2,1-10H3,(H,44,54)(H,45,55)(H,46,56)(H,47,51). The maximum atomic E-state index is 14.0. The number of rotatable bonds is 23. The summed E-state index contributed by atoms with van der Waals surface area (Å²) in [5.74, 6) is -5.11. The normalized spacial score (nSPS) is 17.9. The summed E-state index contributed by atoms with van der Waals surface area (Å²) in [6.07, 6.45) is -4.58. The number of likely N-dealkylation sites (N-methyl/N-ethyl adjacent to an activating group) is 2. The third-order valence-electron chi connectivity index (χ3n) is 10.9. The van der Waals surface area contributed by atoms with Gasteiger partial charge in [0.25, 0.3) is 5.91 Å². The van der Waals surface area contributed by atoms with Crippen LogP contribution in [0.4, 0.5) is 13.2 Å². The molecule has 0 radical (unpaired) electrons. The zero-order valence-corrected chi connectivity index (χ0v) is 37.2. The minimum Gasteiger partial charge on any atom is -0.379 e. The summed E-state index contributed by atoms with van der Waals surface area (Å²) in [7, 11) is 6.29. The number of hydrogen-bond acceptors (Lipinski definition) is 10. The quantitative estimate of drug-likeness (QED) is 0.126. The zero-order chi connectivity index (χ0) is 45.5. The van der Waals surface area contributed by atoms with E-state index in [9.17, 15) is 46.1 Å². The molecule has 0 saturated carbocycles. The lowest BCUT2D eigenvalue weighted by atomic mass is 9.90. The van der Waals surface area contributed by atoms with Crippen LogP contribution in [-0.2, 0) is 61.5 Å². The Kier molecular flexibility index (Phi) is 21.1. The van der Waals surface area contributed by atoms with Gasteiger partial charge in [-0.05, 0) is 49.9 Å². The largest absolute Gasteiger partial charge is 0.471 e. The predicted molar refractivity (Wildman–Crippen MR) is 219 cm³/mol. The van der Waals surface area contributed by atoms with Gasteiger partial charge in [0.2, 0.25) is 23.6 Å². The van der Waals surface area contributed by atoms with Gasteiger partial charge < -0.3 is 35.2 Å². The van der Waals surface area contributed by atoms with Crippen LogP contribution in [0.3, 0.4) is 0 Å². The molecule has 6 amide bonds. The number of carbonyl (C=O) groups is 6. The van der Waals surface area contributed by atoms with Crippen molar-refractivity contribution in [3.63, 3.8) is 0 Å². The van der Waals surface area contributed by atoms with E-state index in [1.807, 2.05) is 27.7 Å². The van der Waals surface area contributed by atoms with E-state index in [4.69, 9.17) is 9.47 Å². The van der Waals surface area contributed by atoms with Crippen LogP contribution in [-0.4, -0.2) is 146 Å². The number of methoxy groups -OCH3 is 2. The summed E-state index contributed by atoms with van der Waals surface area (Å²) < 4.78 is 63.8. The molecule has 1 fully saturated rings. The first-order valence-corrected chi connectivity index (χ1v) is 21.3. The third kappa shape index (κ3) is 15.4. The fourth-order valence-corrected chi connectivity index (χ4v) is 8.46. The molecule has 1 aromatic carbocycles. The van der Waals surface area contributed by atoms with Gasteiger partial charge in [-0.15, -0.1) is 0 Å². The number of ether oxygens (including phenoxy) is 2. The summed E-state index contributed by atoms with van der Waals surface area (Å²) in [5, 5.41) is 7.06. The van der Waals surface area contributed by atoms with Crippen molar-refractivity contribution in [2.24, 2.45) is 17.8 Å². The van der Waals surface area contributed by atoms with Crippen LogP contribution in [0, 0.1) is 17.8 Å². The molecular weight excluding hydrogens is 812 g/mol. The molecule has 1 heterocycles. The molecule has 60 heavy (non-hydrogen) atoms. The lowest BCUT2D eigenvalue weighted by molar-refractivity contribution is -0.173. The predicted octanol–water partition coefficient (Wildman–Crippen LogP) is 1.88. The minimum absolute atomic E-state index is 0.0260. The highest BCUT2D eigenvalue weighted by Crippen LogP contribution is 2.29. The molecular formula is C40H64F3N7O9S. The van der Waals surface area contributed by atoms with Crippen LogP contribution in [0.5, 0.6) is 0 Å². The number of amides is 6. The zero-order valence-electron chi connectivity index (χ0n) is 36.4. The Bertz CT molecular complexity index is 1630. The molecule has 20 heteroatoms. The lowest BCUT2D eigenvalue weighted by Gasteiger charge is -2.39. The van der Waals surface area contributed by atoms with E-state index >= 15 is 0 Å². The number of halogens is 3.